The van der Waals surface area contributed by atoms with E-state index in [9.17, 15) is 9.90 Å². The Balaban J connectivity index is 1.67. The normalized spacial score (nSPS) is 29.9. The minimum atomic E-state index is -0.444. The average molecular weight is 303 g/mol. The van der Waals surface area contributed by atoms with Crippen LogP contribution in [0.3, 0.4) is 0 Å². The van der Waals surface area contributed by atoms with Crippen LogP contribution in [-0.2, 0) is 15.1 Å². The predicted octanol–water partition coefficient (Wildman–Crippen LogP) is 2.28. The van der Waals surface area contributed by atoms with E-state index in [0.717, 1.165) is 19.3 Å². The van der Waals surface area contributed by atoms with Gasteiger partial charge in [-0.2, -0.15) is 0 Å². The number of amides is 1. The number of hydrogen-bond acceptors (Lipinski definition) is 3. The first kappa shape index (κ1) is 15.5. The van der Waals surface area contributed by atoms with E-state index < -0.39 is 6.10 Å². The van der Waals surface area contributed by atoms with Crippen molar-refractivity contribution in [1.82, 2.24) is 5.32 Å². The van der Waals surface area contributed by atoms with Gasteiger partial charge in [0.05, 0.1) is 17.7 Å². The average Bonchev–Trinajstić information content (AvgIpc) is 3.28. The van der Waals surface area contributed by atoms with Crippen LogP contribution in [-0.4, -0.2) is 30.3 Å². The van der Waals surface area contributed by atoms with Crippen molar-refractivity contribution >= 4 is 5.91 Å². The number of carbonyl (C=O) groups excluding carboxylic acids is 1. The van der Waals surface area contributed by atoms with Crippen LogP contribution in [0.25, 0.3) is 0 Å². The van der Waals surface area contributed by atoms with Gasteiger partial charge in [0.1, 0.15) is 0 Å². The van der Waals surface area contributed by atoms with E-state index in [1.165, 1.54) is 11.1 Å². The Kier molecular flexibility index (Phi) is 4.24. The van der Waals surface area contributed by atoms with Gasteiger partial charge in [-0.15, -0.1) is 0 Å². The van der Waals surface area contributed by atoms with Gasteiger partial charge in [0, 0.05) is 13.0 Å². The fraction of sp³-hybridized carbons (Fsp3) is 0.611. The Hall–Kier alpha value is -1.39. The number of aryl methyl sites for hydroxylation is 1. The van der Waals surface area contributed by atoms with Crippen LogP contribution in [0.15, 0.2) is 24.3 Å². The molecule has 1 aromatic rings. The molecule has 3 atom stereocenters. The van der Waals surface area contributed by atoms with Gasteiger partial charge in [-0.05, 0) is 44.6 Å². The first-order chi connectivity index (χ1) is 10.5. The summed E-state index contributed by atoms with van der Waals surface area (Å²) in [6.45, 7) is 2.08. The molecule has 0 aliphatic heterocycles. The van der Waals surface area contributed by atoms with Gasteiger partial charge in [0.25, 0.3) is 0 Å². The van der Waals surface area contributed by atoms with Crippen LogP contribution < -0.4 is 5.32 Å². The van der Waals surface area contributed by atoms with Crippen LogP contribution >= 0.6 is 0 Å². The largest absolute Gasteiger partial charge is 0.390 e. The predicted molar refractivity (Wildman–Crippen MR) is 84.4 cm³/mol. The summed E-state index contributed by atoms with van der Waals surface area (Å²) in [7, 11) is 1.60. The van der Waals surface area contributed by atoms with Crippen molar-refractivity contribution in [3.05, 3.63) is 35.4 Å². The molecule has 4 nitrogen and oxygen atoms in total. The van der Waals surface area contributed by atoms with Crippen molar-refractivity contribution in [2.75, 3.05) is 7.11 Å². The highest BCUT2D eigenvalue weighted by Gasteiger charge is 2.47. The highest BCUT2D eigenvalue weighted by atomic mass is 16.5. The first-order valence-corrected chi connectivity index (χ1v) is 8.14. The number of hydrogen-bond donors (Lipinski definition) is 2. The third kappa shape index (κ3) is 3.03. The van der Waals surface area contributed by atoms with Gasteiger partial charge in [0.15, 0.2) is 0 Å². The molecule has 0 unspecified atom stereocenters. The lowest BCUT2D eigenvalue weighted by Crippen LogP contribution is -2.44. The smallest absolute Gasteiger partial charge is 0.223 e. The Morgan fingerprint density at radius 2 is 2.14 bits per heavy atom. The molecule has 0 saturated heterocycles. The molecule has 1 amide bonds. The molecule has 2 aliphatic carbocycles. The molecule has 2 aliphatic rings. The third-order valence-corrected chi connectivity index (χ3v) is 5.11. The van der Waals surface area contributed by atoms with Gasteiger partial charge in [-0.25, -0.2) is 0 Å². The number of methoxy groups -OCH3 is 1. The topological polar surface area (TPSA) is 58.6 Å². The summed E-state index contributed by atoms with van der Waals surface area (Å²) in [5.74, 6) is 0.0450. The molecule has 3 rings (SSSR count). The summed E-state index contributed by atoms with van der Waals surface area (Å²) in [5.41, 5.74) is 2.26. The number of rotatable bonds is 4. The highest BCUT2D eigenvalue weighted by molar-refractivity contribution is 5.80. The molecule has 1 aromatic carbocycles. The van der Waals surface area contributed by atoms with Crippen LogP contribution in [0.4, 0.5) is 0 Å². The summed E-state index contributed by atoms with van der Waals surface area (Å²) < 4.78 is 5.30. The summed E-state index contributed by atoms with van der Waals surface area (Å²) in [4.78, 5) is 12.6. The maximum atomic E-state index is 12.6. The minimum absolute atomic E-state index is 0.0596. The van der Waals surface area contributed by atoms with Crippen molar-refractivity contribution in [3.8, 4) is 0 Å². The van der Waals surface area contributed by atoms with Crippen molar-refractivity contribution in [2.45, 2.75) is 56.8 Å². The van der Waals surface area contributed by atoms with E-state index in [1.807, 2.05) is 0 Å². The zero-order valence-corrected chi connectivity index (χ0v) is 13.3. The summed E-state index contributed by atoms with van der Waals surface area (Å²) in [6, 6.07) is 8.39. The van der Waals surface area contributed by atoms with Crippen LogP contribution in [0.2, 0.25) is 0 Å². The standard InChI is InChI=1S/C18H25NO3/c1-12-4-3-5-14(10-12)18(8-9-18)19-17(21)13-6-7-15(20)16(11-13)22-2/h3-5,10,13,15-16,20H,6-9,11H2,1-2H3,(H,19,21)/t13-,15+,16-/m1/s1. The number of carbonyl (C=O) groups is 1. The van der Waals surface area contributed by atoms with Crippen LogP contribution in [0, 0.1) is 12.8 Å². The van der Waals surface area contributed by atoms with Gasteiger partial charge < -0.3 is 15.2 Å². The van der Waals surface area contributed by atoms with Gasteiger partial charge in [0.2, 0.25) is 5.91 Å². The number of aliphatic hydroxyl groups is 1. The van der Waals surface area contributed by atoms with Crippen molar-refractivity contribution < 1.29 is 14.6 Å². The fourth-order valence-electron chi connectivity index (χ4n) is 3.50. The number of aliphatic hydroxyl groups excluding tert-OH is 1. The molecular weight excluding hydrogens is 278 g/mol. The molecule has 0 bridgehead atoms. The summed E-state index contributed by atoms with van der Waals surface area (Å²) in [6.07, 6.45) is 3.31. The third-order valence-electron chi connectivity index (χ3n) is 5.11. The van der Waals surface area contributed by atoms with Crippen molar-refractivity contribution in [2.24, 2.45) is 5.92 Å². The molecule has 2 fully saturated rings. The van der Waals surface area contributed by atoms with E-state index in [2.05, 4.69) is 36.5 Å². The second-order valence-electron chi connectivity index (χ2n) is 6.79. The van der Waals surface area contributed by atoms with Crippen LogP contribution in [0.5, 0.6) is 0 Å². The molecule has 22 heavy (non-hydrogen) atoms. The molecular formula is C18H25NO3. The Bertz CT molecular complexity index is 553. The maximum Gasteiger partial charge on any atom is 0.223 e. The fourth-order valence-corrected chi connectivity index (χ4v) is 3.50. The number of nitrogens with one attached hydrogen (secondary N) is 1. The second kappa shape index (κ2) is 6.01. The minimum Gasteiger partial charge on any atom is -0.390 e. The quantitative estimate of drug-likeness (QED) is 0.897. The SMILES string of the molecule is CO[C@@H]1C[C@H](C(=O)NC2(c3cccc(C)c3)CC2)CC[C@@H]1O. The zero-order chi connectivity index (χ0) is 15.7. The Morgan fingerprint density at radius 3 is 2.77 bits per heavy atom. The van der Waals surface area contributed by atoms with Crippen molar-refractivity contribution in [1.29, 1.82) is 0 Å². The van der Waals surface area contributed by atoms with E-state index in [1.54, 1.807) is 7.11 Å². The monoisotopic (exact) mass is 303 g/mol. The van der Waals surface area contributed by atoms with E-state index in [0.29, 0.717) is 12.8 Å². The first-order valence-electron chi connectivity index (χ1n) is 8.14. The highest BCUT2D eigenvalue weighted by Crippen LogP contribution is 2.46. The molecule has 2 N–H and O–H groups in total. The van der Waals surface area contributed by atoms with Crippen molar-refractivity contribution in [3.63, 3.8) is 0 Å². The van der Waals surface area contributed by atoms with Gasteiger partial charge >= 0.3 is 0 Å². The lowest BCUT2D eigenvalue weighted by atomic mass is 9.84. The maximum absolute atomic E-state index is 12.6. The molecule has 0 radical (unpaired) electrons. The molecule has 2 saturated carbocycles. The van der Waals surface area contributed by atoms with Gasteiger partial charge in [-0.1, -0.05) is 29.8 Å². The Labute approximate surface area is 131 Å². The Morgan fingerprint density at radius 1 is 1.36 bits per heavy atom. The lowest BCUT2D eigenvalue weighted by molar-refractivity contribution is -0.131. The number of ether oxygens (including phenoxy) is 1. The number of benzene rings is 1. The van der Waals surface area contributed by atoms with E-state index in [-0.39, 0.29) is 23.5 Å². The zero-order valence-electron chi connectivity index (χ0n) is 13.3. The second-order valence-corrected chi connectivity index (χ2v) is 6.79. The molecule has 0 spiro atoms. The lowest BCUT2D eigenvalue weighted by Gasteiger charge is -2.32. The summed E-state index contributed by atoms with van der Waals surface area (Å²) >= 11 is 0. The van der Waals surface area contributed by atoms with E-state index in [4.69, 9.17) is 4.74 Å². The van der Waals surface area contributed by atoms with Gasteiger partial charge in [-0.3, -0.25) is 4.79 Å². The van der Waals surface area contributed by atoms with E-state index >= 15 is 0 Å². The molecule has 4 heteroatoms. The summed E-state index contributed by atoms with van der Waals surface area (Å²) in [5, 5.41) is 13.1. The van der Waals surface area contributed by atoms with Crippen LogP contribution in [0.1, 0.15) is 43.2 Å². The molecule has 120 valence electrons. The molecule has 0 aromatic heterocycles. The molecule has 0 heterocycles.